The first-order valence-electron chi connectivity index (χ1n) is 8.38. The zero-order valence-electron chi connectivity index (χ0n) is 15.4. The minimum absolute atomic E-state index is 0.186. The molecule has 0 spiro atoms. The van der Waals surface area contributed by atoms with Crippen LogP contribution >= 0.6 is 11.8 Å². The highest BCUT2D eigenvalue weighted by atomic mass is 32.2. The number of aromatic nitrogens is 1. The van der Waals surface area contributed by atoms with E-state index in [-0.39, 0.29) is 17.7 Å². The van der Waals surface area contributed by atoms with Gasteiger partial charge in [-0.25, -0.2) is 9.59 Å². The van der Waals surface area contributed by atoms with Crippen molar-refractivity contribution in [1.29, 1.82) is 0 Å². The predicted octanol–water partition coefficient (Wildman–Crippen LogP) is 3.84. The van der Waals surface area contributed by atoms with Crippen LogP contribution in [0.2, 0.25) is 0 Å². The quantitative estimate of drug-likeness (QED) is 0.321. The molecule has 0 radical (unpaired) electrons. The number of aromatic amines is 1. The van der Waals surface area contributed by atoms with E-state index in [0.29, 0.717) is 11.4 Å². The van der Waals surface area contributed by atoms with Gasteiger partial charge >= 0.3 is 11.9 Å². The van der Waals surface area contributed by atoms with Crippen molar-refractivity contribution in [3.63, 3.8) is 0 Å². The number of Topliss-reactive ketones (excluding diaryl/α,β-unsaturated/α-hetero) is 1. The molecule has 0 aliphatic rings. The summed E-state index contributed by atoms with van der Waals surface area (Å²) < 4.78 is 10.0. The van der Waals surface area contributed by atoms with Crippen LogP contribution in [0.1, 0.15) is 39.0 Å². The molecule has 7 heteroatoms. The highest BCUT2D eigenvalue weighted by Crippen LogP contribution is 2.21. The van der Waals surface area contributed by atoms with Gasteiger partial charge in [0.25, 0.3) is 0 Å². The highest BCUT2D eigenvalue weighted by Gasteiger charge is 2.25. The van der Waals surface area contributed by atoms with Crippen molar-refractivity contribution < 1.29 is 23.9 Å². The Morgan fingerprint density at radius 2 is 1.70 bits per heavy atom. The van der Waals surface area contributed by atoms with E-state index in [1.807, 2.05) is 30.3 Å². The van der Waals surface area contributed by atoms with Gasteiger partial charge in [-0.3, -0.25) is 4.79 Å². The molecule has 1 N–H and O–H groups in total. The molecule has 1 heterocycles. The van der Waals surface area contributed by atoms with Gasteiger partial charge in [0.1, 0.15) is 0 Å². The number of nitrogens with one attached hydrogen (secondary N) is 1. The van der Waals surface area contributed by atoms with Gasteiger partial charge in [-0.1, -0.05) is 30.0 Å². The Balaban J connectivity index is 1.97. The van der Waals surface area contributed by atoms with E-state index in [9.17, 15) is 14.4 Å². The number of hydrogen-bond acceptors (Lipinski definition) is 6. The molecule has 0 saturated heterocycles. The van der Waals surface area contributed by atoms with E-state index >= 15 is 0 Å². The largest absolute Gasteiger partial charge is 0.462 e. The Hall–Kier alpha value is -2.80. The van der Waals surface area contributed by atoms with Crippen molar-refractivity contribution in [2.75, 3.05) is 13.2 Å². The van der Waals surface area contributed by atoms with E-state index in [0.717, 1.165) is 4.90 Å². The summed E-state index contributed by atoms with van der Waals surface area (Å²) in [5.41, 5.74) is 1.46. The van der Waals surface area contributed by atoms with Gasteiger partial charge in [0, 0.05) is 22.4 Å². The molecule has 142 valence electrons. The van der Waals surface area contributed by atoms with Crippen LogP contribution in [0.3, 0.4) is 0 Å². The lowest BCUT2D eigenvalue weighted by Gasteiger charge is -2.06. The number of thioether (sulfide) groups is 1. The third-order valence-corrected chi connectivity index (χ3v) is 4.45. The Labute approximate surface area is 161 Å². The van der Waals surface area contributed by atoms with Crippen molar-refractivity contribution >= 4 is 29.5 Å². The molecule has 1 aromatic heterocycles. The van der Waals surface area contributed by atoms with Crippen molar-refractivity contribution in [3.05, 3.63) is 64.3 Å². The normalized spacial score (nSPS) is 10.8. The molecule has 6 nitrogen and oxygen atoms in total. The molecule has 2 rings (SSSR count). The van der Waals surface area contributed by atoms with Crippen LogP contribution in [0.4, 0.5) is 0 Å². The molecule has 0 fully saturated rings. The van der Waals surface area contributed by atoms with Crippen LogP contribution in [-0.2, 0) is 14.3 Å². The molecular weight excluding hydrogens is 366 g/mol. The van der Waals surface area contributed by atoms with Gasteiger partial charge in [-0.2, -0.15) is 0 Å². The maximum absolute atomic E-state index is 12.5. The first-order chi connectivity index (χ1) is 12.9. The van der Waals surface area contributed by atoms with Gasteiger partial charge < -0.3 is 14.5 Å². The van der Waals surface area contributed by atoms with Crippen molar-refractivity contribution in [2.45, 2.75) is 25.7 Å². The van der Waals surface area contributed by atoms with Gasteiger partial charge in [-0.15, -0.1) is 0 Å². The minimum atomic E-state index is -0.630. The summed E-state index contributed by atoms with van der Waals surface area (Å²) in [6.45, 7) is 4.81. The molecule has 0 bridgehead atoms. The van der Waals surface area contributed by atoms with Crippen LogP contribution in [0.15, 0.2) is 46.7 Å². The molecule has 0 unspecified atom stereocenters. The van der Waals surface area contributed by atoms with Crippen LogP contribution in [-0.4, -0.2) is 35.9 Å². The third-order valence-electron chi connectivity index (χ3n) is 3.63. The summed E-state index contributed by atoms with van der Waals surface area (Å²) in [6, 6.07) is 9.53. The lowest BCUT2D eigenvalue weighted by Crippen LogP contribution is -2.17. The Bertz CT molecular complexity index is 855. The Kier molecular flexibility index (Phi) is 7.43. The number of ketones is 1. The van der Waals surface area contributed by atoms with Gasteiger partial charge in [0.2, 0.25) is 5.78 Å². The second kappa shape index (κ2) is 9.78. The number of aryl methyl sites for hydroxylation is 2. The zero-order chi connectivity index (χ0) is 19.8. The minimum Gasteiger partial charge on any atom is -0.462 e. The van der Waals surface area contributed by atoms with Crippen LogP contribution in [0, 0.1) is 13.8 Å². The Morgan fingerprint density at radius 1 is 1.04 bits per heavy atom. The first kappa shape index (κ1) is 20.5. The van der Waals surface area contributed by atoms with E-state index < -0.39 is 24.3 Å². The number of esters is 2. The highest BCUT2D eigenvalue weighted by molar-refractivity contribution is 8.02. The fourth-order valence-electron chi connectivity index (χ4n) is 2.51. The second-order valence-electron chi connectivity index (χ2n) is 5.61. The summed E-state index contributed by atoms with van der Waals surface area (Å²) in [6.07, 6.45) is 1.26. The third kappa shape index (κ3) is 5.59. The molecular formula is C20H21NO5S. The van der Waals surface area contributed by atoms with E-state index in [1.165, 1.54) is 17.8 Å². The molecule has 0 amide bonds. The van der Waals surface area contributed by atoms with Crippen molar-refractivity contribution in [3.8, 4) is 0 Å². The first-order valence-corrected chi connectivity index (χ1v) is 9.26. The van der Waals surface area contributed by atoms with Crippen molar-refractivity contribution in [2.24, 2.45) is 0 Å². The molecule has 0 aliphatic heterocycles. The number of hydrogen-bond donors (Lipinski definition) is 1. The number of H-pyrrole nitrogens is 1. The summed E-state index contributed by atoms with van der Waals surface area (Å²) >= 11 is 1.36. The standard InChI is InChI=1S/C20H21NO5S/c1-4-25-20(24)19-14(3)21-13(2)18(19)16(22)12-26-17(23)10-11-27-15-8-6-5-7-9-15/h5-11,21H,4,12H2,1-3H3/b11-10+. The van der Waals surface area contributed by atoms with Gasteiger partial charge in [0.15, 0.2) is 6.61 Å². The van der Waals surface area contributed by atoms with E-state index in [2.05, 4.69) is 4.98 Å². The number of carbonyl (C=O) groups is 3. The second-order valence-corrected chi connectivity index (χ2v) is 6.59. The smallest absolute Gasteiger partial charge is 0.340 e. The monoisotopic (exact) mass is 387 g/mol. The fourth-order valence-corrected chi connectivity index (χ4v) is 3.16. The molecule has 0 atom stereocenters. The van der Waals surface area contributed by atoms with Crippen LogP contribution in [0.25, 0.3) is 0 Å². The molecule has 1 aromatic carbocycles. The number of rotatable bonds is 8. The Morgan fingerprint density at radius 3 is 2.37 bits per heavy atom. The maximum atomic E-state index is 12.5. The van der Waals surface area contributed by atoms with E-state index in [1.54, 1.807) is 26.2 Å². The molecule has 27 heavy (non-hydrogen) atoms. The summed E-state index contributed by atoms with van der Waals surface area (Å²) in [5.74, 6) is -1.67. The molecule has 2 aromatic rings. The molecule has 0 saturated carbocycles. The van der Waals surface area contributed by atoms with E-state index in [4.69, 9.17) is 9.47 Å². The number of benzene rings is 1. The average molecular weight is 387 g/mol. The lowest BCUT2D eigenvalue weighted by atomic mass is 10.1. The molecule has 0 aliphatic carbocycles. The zero-order valence-corrected chi connectivity index (χ0v) is 16.2. The van der Waals surface area contributed by atoms with Crippen LogP contribution in [0.5, 0.6) is 0 Å². The maximum Gasteiger partial charge on any atom is 0.340 e. The summed E-state index contributed by atoms with van der Waals surface area (Å²) in [5, 5.41) is 1.60. The number of carbonyl (C=O) groups excluding carboxylic acids is 3. The van der Waals surface area contributed by atoms with Crippen LogP contribution < -0.4 is 0 Å². The predicted molar refractivity (Wildman–Crippen MR) is 103 cm³/mol. The SMILES string of the molecule is CCOC(=O)c1c(C)[nH]c(C)c1C(=O)COC(=O)/C=C/Sc1ccccc1. The average Bonchev–Trinajstić information content (AvgIpc) is 2.95. The lowest BCUT2D eigenvalue weighted by molar-refractivity contribution is -0.136. The van der Waals surface area contributed by atoms with Gasteiger partial charge in [0.05, 0.1) is 17.7 Å². The number of ether oxygens (including phenoxy) is 2. The van der Waals surface area contributed by atoms with Gasteiger partial charge in [-0.05, 0) is 38.3 Å². The topological polar surface area (TPSA) is 85.5 Å². The summed E-state index contributed by atoms with van der Waals surface area (Å²) in [7, 11) is 0. The van der Waals surface area contributed by atoms with Crippen molar-refractivity contribution in [1.82, 2.24) is 4.98 Å². The fraction of sp³-hybridized carbons (Fsp3) is 0.250. The summed E-state index contributed by atoms with van der Waals surface area (Å²) in [4.78, 5) is 40.3.